The molecule has 35 heavy (non-hydrogen) atoms. The molecule has 1 aliphatic rings. The van der Waals surface area contributed by atoms with Crippen molar-refractivity contribution in [2.75, 3.05) is 0 Å². The first-order valence-corrected chi connectivity index (χ1v) is 12.5. The fourth-order valence-electron chi connectivity index (χ4n) is 6.05. The Morgan fingerprint density at radius 2 is 1.11 bits per heavy atom. The Hall–Kier alpha value is -4.10. The van der Waals surface area contributed by atoms with Gasteiger partial charge in [0.25, 0.3) is 0 Å². The molecule has 0 bridgehead atoms. The van der Waals surface area contributed by atoms with Crippen LogP contribution in [0.3, 0.4) is 0 Å². The van der Waals surface area contributed by atoms with E-state index >= 15 is 0 Å². The highest BCUT2D eigenvalue weighted by atomic mass is 15.0. The van der Waals surface area contributed by atoms with Gasteiger partial charge >= 0.3 is 0 Å². The van der Waals surface area contributed by atoms with E-state index < -0.39 is 0 Å². The summed E-state index contributed by atoms with van der Waals surface area (Å²) in [4.78, 5) is 0. The summed E-state index contributed by atoms with van der Waals surface area (Å²) in [7, 11) is 0. The maximum absolute atomic E-state index is 2.41. The van der Waals surface area contributed by atoms with E-state index in [0.717, 1.165) is 0 Å². The van der Waals surface area contributed by atoms with Crippen LogP contribution in [0.2, 0.25) is 0 Å². The molecule has 7 rings (SSSR count). The molecule has 6 aromatic rings. The highest BCUT2D eigenvalue weighted by Gasteiger charge is 2.27. The second-order valence-electron chi connectivity index (χ2n) is 9.89. The summed E-state index contributed by atoms with van der Waals surface area (Å²) >= 11 is 0. The van der Waals surface area contributed by atoms with Gasteiger partial charge in [0.15, 0.2) is 0 Å². The molecule has 1 nitrogen and oxygen atoms in total. The molecule has 0 aliphatic heterocycles. The van der Waals surface area contributed by atoms with Gasteiger partial charge in [-0.3, -0.25) is 0 Å². The smallest absolute Gasteiger partial charge is 0.0541 e. The van der Waals surface area contributed by atoms with Gasteiger partial charge in [0.05, 0.1) is 11.0 Å². The van der Waals surface area contributed by atoms with E-state index in [1.165, 1.54) is 60.9 Å². The number of benzene rings is 5. The van der Waals surface area contributed by atoms with Crippen LogP contribution in [-0.2, 0) is 0 Å². The van der Waals surface area contributed by atoms with E-state index in [1.807, 2.05) is 0 Å². The number of hydrogen-bond acceptors (Lipinski definition) is 0. The van der Waals surface area contributed by atoms with Crippen molar-refractivity contribution in [2.45, 2.75) is 25.7 Å². The maximum atomic E-state index is 2.41. The number of aromatic nitrogens is 1. The zero-order chi connectivity index (χ0) is 23.5. The Morgan fingerprint density at radius 3 is 1.97 bits per heavy atom. The van der Waals surface area contributed by atoms with Crippen LogP contribution in [0.1, 0.15) is 36.8 Å². The first-order chi connectivity index (χ1) is 17.2. The molecule has 0 saturated carbocycles. The van der Waals surface area contributed by atoms with Crippen molar-refractivity contribution in [3.05, 3.63) is 126 Å². The van der Waals surface area contributed by atoms with E-state index in [0.29, 0.717) is 11.8 Å². The Kier molecular flexibility index (Phi) is 4.47. The summed E-state index contributed by atoms with van der Waals surface area (Å²) in [6.45, 7) is 4.72. The van der Waals surface area contributed by atoms with Gasteiger partial charge in [-0.1, -0.05) is 92.7 Å². The third-order valence-electron chi connectivity index (χ3n) is 8.06. The molecule has 0 fully saturated rings. The molecule has 5 aromatic carbocycles. The van der Waals surface area contributed by atoms with Crippen LogP contribution in [0.5, 0.6) is 0 Å². The van der Waals surface area contributed by atoms with E-state index in [1.54, 1.807) is 0 Å². The van der Waals surface area contributed by atoms with Crippen molar-refractivity contribution in [1.29, 1.82) is 0 Å². The van der Waals surface area contributed by atoms with Crippen LogP contribution in [0.25, 0.3) is 49.7 Å². The minimum Gasteiger partial charge on any atom is -0.309 e. The Bertz CT molecular complexity index is 1720. The summed E-state index contributed by atoms with van der Waals surface area (Å²) in [5.41, 5.74) is 11.9. The molecule has 2 atom stereocenters. The maximum Gasteiger partial charge on any atom is 0.0541 e. The average Bonchev–Trinajstić information content (AvgIpc) is 3.25. The molecular formula is C34H27N. The van der Waals surface area contributed by atoms with Gasteiger partial charge in [-0.05, 0) is 81.6 Å². The van der Waals surface area contributed by atoms with E-state index in [2.05, 4.69) is 134 Å². The zero-order valence-corrected chi connectivity index (χ0v) is 20.1. The summed E-state index contributed by atoms with van der Waals surface area (Å²) in [5.74, 6) is 1.05. The molecule has 0 spiro atoms. The van der Waals surface area contributed by atoms with Crippen molar-refractivity contribution < 1.29 is 0 Å². The predicted octanol–water partition coefficient (Wildman–Crippen LogP) is 9.34. The minimum atomic E-state index is 0.514. The van der Waals surface area contributed by atoms with Crippen molar-refractivity contribution in [3.63, 3.8) is 0 Å². The molecular weight excluding hydrogens is 422 g/mol. The van der Waals surface area contributed by atoms with Gasteiger partial charge in [-0.2, -0.15) is 0 Å². The summed E-state index contributed by atoms with van der Waals surface area (Å²) in [6, 6.07) is 42.4. The van der Waals surface area contributed by atoms with Crippen LogP contribution >= 0.6 is 0 Å². The molecule has 2 unspecified atom stereocenters. The first kappa shape index (κ1) is 20.3. The molecule has 0 radical (unpaired) electrons. The monoisotopic (exact) mass is 449 g/mol. The van der Waals surface area contributed by atoms with Gasteiger partial charge in [-0.15, -0.1) is 0 Å². The normalized spacial score (nSPS) is 16.9. The van der Waals surface area contributed by atoms with Crippen LogP contribution in [0.15, 0.2) is 115 Å². The molecule has 1 heterocycles. The first-order valence-electron chi connectivity index (χ1n) is 12.5. The van der Waals surface area contributed by atoms with Gasteiger partial charge in [0.1, 0.15) is 0 Å². The van der Waals surface area contributed by atoms with Crippen LogP contribution < -0.4 is 0 Å². The van der Waals surface area contributed by atoms with Gasteiger partial charge in [0, 0.05) is 16.5 Å². The minimum absolute atomic E-state index is 0.514. The Balaban J connectivity index is 1.44. The molecule has 1 heteroatoms. The van der Waals surface area contributed by atoms with Gasteiger partial charge in [-0.25, -0.2) is 0 Å². The highest BCUT2D eigenvalue weighted by molar-refractivity contribution is 6.10. The largest absolute Gasteiger partial charge is 0.309 e. The van der Waals surface area contributed by atoms with Gasteiger partial charge < -0.3 is 4.57 Å². The quantitative estimate of drug-likeness (QED) is 0.248. The SMILES string of the molecule is CC1c2ccccc2-c2cc(-c3ccc4c(c3)c3ccccc3n4-c3ccccc3)ccc2C1C. The highest BCUT2D eigenvalue weighted by Crippen LogP contribution is 2.47. The standard InChI is InChI=1S/C34H27N/c1-22-23(2)28-18-16-24(20-31(28)29-13-7-6-12-27(22)29)25-17-19-34-32(21-25)30-14-8-9-15-33(30)35(34)26-10-4-3-5-11-26/h3-23H,1-2H3. The number of nitrogens with zero attached hydrogens (tertiary/aromatic N) is 1. The van der Waals surface area contributed by atoms with E-state index in [4.69, 9.17) is 0 Å². The van der Waals surface area contributed by atoms with Crippen molar-refractivity contribution in [1.82, 2.24) is 4.57 Å². The Labute approximate surface area is 206 Å². The van der Waals surface area contributed by atoms with Crippen LogP contribution in [0.4, 0.5) is 0 Å². The van der Waals surface area contributed by atoms with Gasteiger partial charge in [0.2, 0.25) is 0 Å². The zero-order valence-electron chi connectivity index (χ0n) is 20.1. The molecule has 0 saturated heterocycles. The molecule has 1 aliphatic carbocycles. The van der Waals surface area contributed by atoms with Crippen molar-refractivity contribution in [3.8, 4) is 27.9 Å². The summed E-state index contributed by atoms with van der Waals surface area (Å²) < 4.78 is 2.38. The molecule has 0 N–H and O–H groups in total. The number of fused-ring (bicyclic) bond motifs is 6. The van der Waals surface area contributed by atoms with E-state index in [9.17, 15) is 0 Å². The number of rotatable bonds is 2. The molecule has 168 valence electrons. The third-order valence-corrected chi connectivity index (χ3v) is 8.06. The molecule has 0 amide bonds. The third kappa shape index (κ3) is 3.01. The fraction of sp³-hybridized carbons (Fsp3) is 0.118. The predicted molar refractivity (Wildman–Crippen MR) is 148 cm³/mol. The lowest BCUT2D eigenvalue weighted by Crippen LogP contribution is -2.13. The van der Waals surface area contributed by atoms with Crippen molar-refractivity contribution >= 4 is 21.8 Å². The average molecular weight is 450 g/mol. The second-order valence-corrected chi connectivity index (χ2v) is 9.89. The lowest BCUT2D eigenvalue weighted by molar-refractivity contribution is 0.616. The van der Waals surface area contributed by atoms with E-state index in [-0.39, 0.29) is 0 Å². The second kappa shape index (κ2) is 7.71. The number of para-hydroxylation sites is 2. The van der Waals surface area contributed by atoms with Crippen LogP contribution in [0, 0.1) is 0 Å². The van der Waals surface area contributed by atoms with Crippen molar-refractivity contribution in [2.24, 2.45) is 0 Å². The molecule has 1 aromatic heterocycles. The lowest BCUT2D eigenvalue weighted by atomic mass is 9.72. The lowest BCUT2D eigenvalue weighted by Gasteiger charge is -2.31. The van der Waals surface area contributed by atoms with Crippen LogP contribution in [-0.4, -0.2) is 4.57 Å². The fourth-order valence-corrected chi connectivity index (χ4v) is 6.05. The topological polar surface area (TPSA) is 4.93 Å². The number of hydrogen-bond donors (Lipinski definition) is 0. The summed E-state index contributed by atoms with van der Waals surface area (Å²) in [5, 5.41) is 2.58. The Morgan fingerprint density at radius 1 is 0.486 bits per heavy atom. The summed E-state index contributed by atoms with van der Waals surface area (Å²) in [6.07, 6.45) is 0.